The van der Waals surface area contributed by atoms with E-state index in [1.165, 1.54) is 12.1 Å². The predicted octanol–water partition coefficient (Wildman–Crippen LogP) is 1.08. The molecule has 116 valence electrons. The number of hydrogen-bond acceptors (Lipinski definition) is 5. The van der Waals surface area contributed by atoms with E-state index < -0.39 is 20.6 Å². The van der Waals surface area contributed by atoms with Crippen molar-refractivity contribution in [1.82, 2.24) is 5.32 Å². The van der Waals surface area contributed by atoms with Gasteiger partial charge in [0.25, 0.3) is 0 Å². The summed E-state index contributed by atoms with van der Waals surface area (Å²) in [5, 5.41) is 11.9. The zero-order valence-corrected chi connectivity index (χ0v) is 13.8. The van der Waals surface area contributed by atoms with Gasteiger partial charge in [-0.1, -0.05) is 13.0 Å². The number of sulfone groups is 1. The molecule has 0 saturated heterocycles. The fourth-order valence-corrected chi connectivity index (χ4v) is 3.37. The molecule has 2 unspecified atom stereocenters. The third-order valence-electron chi connectivity index (χ3n) is 3.16. The average Bonchev–Trinajstić information content (AvgIpc) is 2.46. The van der Waals surface area contributed by atoms with Crippen LogP contribution in [0.5, 0.6) is 0 Å². The lowest BCUT2D eigenvalue weighted by Gasteiger charge is -2.09. The molecule has 0 aliphatic carbocycles. The highest BCUT2D eigenvalue weighted by atomic mass is 32.2. The van der Waals surface area contributed by atoms with E-state index in [-0.39, 0.29) is 15.9 Å². The topological polar surface area (TPSA) is 87.0 Å². The van der Waals surface area contributed by atoms with Crippen LogP contribution in [-0.4, -0.2) is 43.0 Å². The van der Waals surface area contributed by atoms with Crippen LogP contribution in [0.1, 0.15) is 18.9 Å². The van der Waals surface area contributed by atoms with Gasteiger partial charge in [0.15, 0.2) is 9.84 Å². The van der Waals surface area contributed by atoms with Crippen molar-refractivity contribution in [2.45, 2.75) is 23.5 Å². The molecule has 21 heavy (non-hydrogen) atoms. The molecule has 0 heterocycles. The van der Waals surface area contributed by atoms with Gasteiger partial charge < -0.3 is 5.32 Å². The van der Waals surface area contributed by atoms with Crippen molar-refractivity contribution in [2.75, 3.05) is 25.1 Å². The number of rotatable bonds is 8. The molecule has 0 saturated carbocycles. The molecular formula is C14H20N2O3S2. The van der Waals surface area contributed by atoms with E-state index in [1.54, 1.807) is 18.4 Å². The van der Waals surface area contributed by atoms with Gasteiger partial charge in [-0.3, -0.25) is 4.21 Å². The van der Waals surface area contributed by atoms with Crippen molar-refractivity contribution in [3.05, 3.63) is 29.8 Å². The molecule has 0 spiro atoms. The van der Waals surface area contributed by atoms with Crippen LogP contribution in [0, 0.1) is 11.3 Å². The number of nitrogens with one attached hydrogen (secondary N) is 1. The predicted molar refractivity (Wildman–Crippen MR) is 84.2 cm³/mol. The van der Waals surface area contributed by atoms with Crippen molar-refractivity contribution in [2.24, 2.45) is 0 Å². The molecular weight excluding hydrogens is 308 g/mol. The van der Waals surface area contributed by atoms with Crippen LogP contribution >= 0.6 is 0 Å². The van der Waals surface area contributed by atoms with Crippen molar-refractivity contribution >= 4 is 20.6 Å². The number of benzene rings is 1. The van der Waals surface area contributed by atoms with Gasteiger partial charge in [-0.15, -0.1) is 0 Å². The molecule has 5 nitrogen and oxygen atoms in total. The zero-order valence-electron chi connectivity index (χ0n) is 12.2. The van der Waals surface area contributed by atoms with E-state index in [4.69, 9.17) is 5.26 Å². The third kappa shape index (κ3) is 5.96. The summed E-state index contributed by atoms with van der Waals surface area (Å²) >= 11 is 0. The van der Waals surface area contributed by atoms with Gasteiger partial charge in [0.1, 0.15) is 0 Å². The SMILES string of the molecule is CC(CCNCCS(=O)(=O)c1cccc(C#N)c1)S(C)=O. The van der Waals surface area contributed by atoms with Gasteiger partial charge in [0.2, 0.25) is 0 Å². The van der Waals surface area contributed by atoms with Crippen molar-refractivity contribution < 1.29 is 12.6 Å². The standard InChI is InChI=1S/C14H20N2O3S2/c1-12(20(2)17)6-7-16-8-9-21(18,19)14-5-3-4-13(10-14)11-15/h3-5,10,12,16H,6-9H2,1-2H3. The van der Waals surface area contributed by atoms with E-state index in [2.05, 4.69) is 5.32 Å². The normalized spacial score (nSPS) is 14.3. The summed E-state index contributed by atoms with van der Waals surface area (Å²) < 4.78 is 35.4. The Kier molecular flexibility index (Phi) is 7.02. The summed E-state index contributed by atoms with van der Waals surface area (Å²) in [7, 11) is -4.24. The average molecular weight is 328 g/mol. The molecule has 0 aliphatic rings. The minimum atomic E-state index is -3.38. The smallest absolute Gasteiger partial charge is 0.179 e. The van der Waals surface area contributed by atoms with E-state index in [0.717, 1.165) is 6.42 Å². The van der Waals surface area contributed by atoms with E-state index in [1.807, 2.05) is 13.0 Å². The monoisotopic (exact) mass is 328 g/mol. The number of hydrogen-bond donors (Lipinski definition) is 1. The minimum Gasteiger partial charge on any atom is -0.316 e. The van der Waals surface area contributed by atoms with Gasteiger partial charge in [0.05, 0.1) is 22.3 Å². The molecule has 1 aromatic rings. The van der Waals surface area contributed by atoms with Gasteiger partial charge in [-0.25, -0.2) is 8.42 Å². The maximum atomic E-state index is 12.1. The Hall–Kier alpha value is -1.23. The molecule has 0 amide bonds. The van der Waals surface area contributed by atoms with Crippen molar-refractivity contribution in [3.63, 3.8) is 0 Å². The summed E-state index contributed by atoms with van der Waals surface area (Å²) in [5.41, 5.74) is 0.336. The molecule has 0 radical (unpaired) electrons. The number of nitriles is 1. The van der Waals surface area contributed by atoms with Gasteiger partial charge >= 0.3 is 0 Å². The summed E-state index contributed by atoms with van der Waals surface area (Å²) in [6, 6.07) is 7.95. The molecule has 2 atom stereocenters. The highest BCUT2D eigenvalue weighted by Gasteiger charge is 2.14. The lowest BCUT2D eigenvalue weighted by atomic mass is 10.2. The zero-order chi connectivity index (χ0) is 15.9. The second-order valence-electron chi connectivity index (χ2n) is 4.81. The minimum absolute atomic E-state index is 0.0223. The summed E-state index contributed by atoms with van der Waals surface area (Å²) in [6.45, 7) is 2.87. The Morgan fingerprint density at radius 3 is 2.71 bits per heavy atom. The van der Waals surface area contributed by atoms with Crippen LogP contribution in [0.3, 0.4) is 0 Å². The highest BCUT2D eigenvalue weighted by Crippen LogP contribution is 2.12. The van der Waals surface area contributed by atoms with Crippen LogP contribution in [0.25, 0.3) is 0 Å². The molecule has 1 aromatic carbocycles. The Bertz CT molecular complexity index is 636. The van der Waals surface area contributed by atoms with Crippen LogP contribution in [-0.2, 0) is 20.6 Å². The first-order valence-electron chi connectivity index (χ1n) is 6.62. The largest absolute Gasteiger partial charge is 0.316 e. The first-order chi connectivity index (χ1) is 9.86. The van der Waals surface area contributed by atoms with Crippen molar-refractivity contribution in [1.29, 1.82) is 5.26 Å². The number of nitrogens with zero attached hydrogens (tertiary/aromatic N) is 1. The Labute approximate surface area is 128 Å². The van der Waals surface area contributed by atoms with Gasteiger partial charge in [0, 0.05) is 28.9 Å². The molecule has 0 bridgehead atoms. The van der Waals surface area contributed by atoms with Crippen LogP contribution < -0.4 is 5.32 Å². The van der Waals surface area contributed by atoms with Crippen LogP contribution in [0.4, 0.5) is 0 Å². The van der Waals surface area contributed by atoms with Crippen LogP contribution in [0.15, 0.2) is 29.2 Å². The molecule has 7 heteroatoms. The fourth-order valence-electron chi connectivity index (χ4n) is 1.68. The third-order valence-corrected chi connectivity index (χ3v) is 6.25. The second-order valence-corrected chi connectivity index (χ2v) is 8.72. The molecule has 1 N–H and O–H groups in total. The second kappa shape index (κ2) is 8.27. The quantitative estimate of drug-likeness (QED) is 0.722. The molecule has 1 rings (SSSR count). The maximum absolute atomic E-state index is 12.1. The van der Waals surface area contributed by atoms with Crippen molar-refractivity contribution in [3.8, 4) is 6.07 Å². The summed E-state index contributed by atoms with van der Waals surface area (Å²) in [4.78, 5) is 0.173. The Morgan fingerprint density at radius 2 is 2.10 bits per heavy atom. The summed E-state index contributed by atoms with van der Waals surface area (Å²) in [6.07, 6.45) is 2.41. The van der Waals surface area contributed by atoms with E-state index in [0.29, 0.717) is 18.7 Å². The maximum Gasteiger partial charge on any atom is 0.179 e. The summed E-state index contributed by atoms with van der Waals surface area (Å²) in [5.74, 6) is -0.0223. The molecule has 0 aliphatic heterocycles. The first-order valence-corrected chi connectivity index (χ1v) is 9.90. The van der Waals surface area contributed by atoms with E-state index >= 15 is 0 Å². The Balaban J connectivity index is 2.47. The van der Waals surface area contributed by atoms with Gasteiger partial charge in [-0.2, -0.15) is 5.26 Å². The highest BCUT2D eigenvalue weighted by molar-refractivity contribution is 7.91. The first kappa shape index (κ1) is 17.8. The molecule has 0 fully saturated rings. The van der Waals surface area contributed by atoms with Gasteiger partial charge in [-0.05, 0) is 31.2 Å². The molecule has 0 aromatic heterocycles. The lowest BCUT2D eigenvalue weighted by Crippen LogP contribution is -2.26. The lowest BCUT2D eigenvalue weighted by molar-refractivity contribution is 0.588. The van der Waals surface area contributed by atoms with Crippen LogP contribution in [0.2, 0.25) is 0 Å². The van der Waals surface area contributed by atoms with E-state index in [9.17, 15) is 12.6 Å². The Morgan fingerprint density at radius 1 is 1.38 bits per heavy atom. The fraction of sp³-hybridized carbons (Fsp3) is 0.500.